The van der Waals surface area contributed by atoms with Gasteiger partial charge in [0.2, 0.25) is 11.8 Å². The summed E-state index contributed by atoms with van der Waals surface area (Å²) in [5, 5.41) is 5.55. The van der Waals surface area contributed by atoms with Crippen molar-refractivity contribution in [2.45, 2.75) is 19.0 Å². The molecule has 3 rings (SSSR count). The van der Waals surface area contributed by atoms with E-state index in [2.05, 4.69) is 10.6 Å². The first-order valence-corrected chi connectivity index (χ1v) is 8.26. The Morgan fingerprint density at radius 3 is 2.54 bits per heavy atom. The highest BCUT2D eigenvalue weighted by Gasteiger charge is 2.31. The molecule has 7 nitrogen and oxygen atoms in total. The number of benzene rings is 1. The van der Waals surface area contributed by atoms with E-state index in [0.29, 0.717) is 31.2 Å². The predicted molar refractivity (Wildman–Crippen MR) is 88.4 cm³/mol. The average molecular weight is 351 g/mol. The van der Waals surface area contributed by atoms with Crippen LogP contribution >= 0.6 is 11.6 Å². The summed E-state index contributed by atoms with van der Waals surface area (Å²) in [5.74, 6) is -0.242. The standard InChI is InChI=1S/C16H19ClN4O3/c17-12-4-2-1-3-11(12)9-15(23)21-7-5-20(6-8-21)13-10-14(22)19-16(24)18-13/h1-4,13H,5-10H2,(H2,18,19,22,24). The molecule has 1 atom stereocenters. The van der Waals surface area contributed by atoms with E-state index in [-0.39, 0.29) is 30.8 Å². The van der Waals surface area contributed by atoms with Crippen molar-refractivity contribution >= 4 is 29.4 Å². The van der Waals surface area contributed by atoms with Crippen molar-refractivity contribution in [2.24, 2.45) is 0 Å². The number of rotatable bonds is 3. The summed E-state index contributed by atoms with van der Waals surface area (Å²) >= 11 is 6.10. The van der Waals surface area contributed by atoms with Crippen LogP contribution in [0.5, 0.6) is 0 Å². The van der Waals surface area contributed by atoms with Crippen LogP contribution in [0.25, 0.3) is 0 Å². The summed E-state index contributed by atoms with van der Waals surface area (Å²) < 4.78 is 0. The van der Waals surface area contributed by atoms with E-state index in [1.165, 1.54) is 0 Å². The minimum absolute atomic E-state index is 0.0353. The molecule has 0 radical (unpaired) electrons. The second kappa shape index (κ2) is 7.19. The van der Waals surface area contributed by atoms with Crippen LogP contribution in [0, 0.1) is 0 Å². The average Bonchev–Trinajstić information content (AvgIpc) is 2.56. The van der Waals surface area contributed by atoms with Crippen LogP contribution in [-0.4, -0.2) is 60.0 Å². The molecule has 0 aliphatic carbocycles. The Labute approximate surface area is 144 Å². The van der Waals surface area contributed by atoms with E-state index < -0.39 is 6.03 Å². The van der Waals surface area contributed by atoms with E-state index in [1.807, 2.05) is 23.1 Å². The molecule has 8 heteroatoms. The van der Waals surface area contributed by atoms with Gasteiger partial charge in [0.05, 0.1) is 19.0 Å². The van der Waals surface area contributed by atoms with Crippen molar-refractivity contribution in [3.8, 4) is 0 Å². The summed E-state index contributed by atoms with van der Waals surface area (Å²) in [6.45, 7) is 2.37. The zero-order valence-electron chi connectivity index (χ0n) is 13.1. The molecule has 2 heterocycles. The number of piperazine rings is 1. The first-order chi connectivity index (χ1) is 11.5. The fourth-order valence-electron chi connectivity index (χ4n) is 3.01. The monoisotopic (exact) mass is 350 g/mol. The minimum atomic E-state index is -0.464. The van der Waals surface area contributed by atoms with Crippen molar-refractivity contribution < 1.29 is 14.4 Å². The Kier molecular flexibility index (Phi) is 5.01. The third-order valence-corrected chi connectivity index (χ3v) is 4.71. The highest BCUT2D eigenvalue weighted by molar-refractivity contribution is 6.31. The number of hydrogen-bond acceptors (Lipinski definition) is 4. The topological polar surface area (TPSA) is 81.8 Å². The predicted octanol–water partition coefficient (Wildman–Crippen LogP) is 0.582. The Bertz CT molecular complexity index is 642. The lowest BCUT2D eigenvalue weighted by Gasteiger charge is -2.40. The lowest BCUT2D eigenvalue weighted by atomic mass is 10.1. The molecule has 24 heavy (non-hydrogen) atoms. The van der Waals surface area contributed by atoms with Crippen molar-refractivity contribution in [3.05, 3.63) is 34.9 Å². The highest BCUT2D eigenvalue weighted by atomic mass is 35.5. The normalized spacial score (nSPS) is 22.0. The number of hydrogen-bond donors (Lipinski definition) is 2. The number of imide groups is 1. The van der Waals surface area contributed by atoms with E-state index in [9.17, 15) is 14.4 Å². The van der Waals surface area contributed by atoms with Gasteiger partial charge in [0.1, 0.15) is 0 Å². The Morgan fingerprint density at radius 1 is 1.17 bits per heavy atom. The summed E-state index contributed by atoms with van der Waals surface area (Å²) in [4.78, 5) is 39.1. The molecule has 0 aromatic heterocycles. The van der Waals surface area contributed by atoms with Gasteiger partial charge in [-0.15, -0.1) is 0 Å². The number of nitrogens with one attached hydrogen (secondary N) is 2. The molecule has 2 aliphatic rings. The fraction of sp³-hybridized carbons (Fsp3) is 0.438. The molecule has 2 fully saturated rings. The highest BCUT2D eigenvalue weighted by Crippen LogP contribution is 2.17. The van der Waals surface area contributed by atoms with Gasteiger partial charge < -0.3 is 10.2 Å². The van der Waals surface area contributed by atoms with Gasteiger partial charge in [0, 0.05) is 31.2 Å². The maximum Gasteiger partial charge on any atom is 0.322 e. The summed E-state index contributed by atoms with van der Waals surface area (Å²) in [7, 11) is 0. The van der Waals surface area contributed by atoms with E-state index in [4.69, 9.17) is 11.6 Å². The largest absolute Gasteiger partial charge is 0.340 e. The van der Waals surface area contributed by atoms with Crippen LogP contribution in [0.2, 0.25) is 5.02 Å². The van der Waals surface area contributed by atoms with Gasteiger partial charge >= 0.3 is 6.03 Å². The number of halogens is 1. The van der Waals surface area contributed by atoms with E-state index in [0.717, 1.165) is 5.56 Å². The van der Waals surface area contributed by atoms with Crippen LogP contribution in [0.4, 0.5) is 4.79 Å². The van der Waals surface area contributed by atoms with Gasteiger partial charge in [-0.1, -0.05) is 29.8 Å². The quantitative estimate of drug-likeness (QED) is 0.835. The zero-order chi connectivity index (χ0) is 17.1. The van der Waals surface area contributed by atoms with Crippen molar-refractivity contribution in [2.75, 3.05) is 26.2 Å². The molecule has 1 aromatic carbocycles. The summed E-state index contributed by atoms with van der Waals surface area (Å²) in [5.41, 5.74) is 0.822. The SMILES string of the molecule is O=C1CC(N2CCN(C(=O)Cc3ccccc3Cl)CC2)NC(=O)N1. The Morgan fingerprint density at radius 2 is 1.88 bits per heavy atom. The van der Waals surface area contributed by atoms with Crippen LogP contribution in [0.1, 0.15) is 12.0 Å². The third-order valence-electron chi connectivity index (χ3n) is 4.34. The maximum absolute atomic E-state index is 12.4. The third kappa shape index (κ3) is 3.85. The zero-order valence-corrected chi connectivity index (χ0v) is 13.9. The molecular weight excluding hydrogens is 332 g/mol. The van der Waals surface area contributed by atoms with Crippen LogP contribution in [0.3, 0.4) is 0 Å². The van der Waals surface area contributed by atoms with Gasteiger partial charge in [-0.2, -0.15) is 0 Å². The lowest BCUT2D eigenvalue weighted by molar-refractivity contribution is -0.133. The second-order valence-electron chi connectivity index (χ2n) is 5.93. The van der Waals surface area contributed by atoms with Crippen LogP contribution < -0.4 is 10.6 Å². The first-order valence-electron chi connectivity index (χ1n) is 7.88. The van der Waals surface area contributed by atoms with Crippen LogP contribution in [-0.2, 0) is 16.0 Å². The molecule has 0 bridgehead atoms. The fourth-order valence-corrected chi connectivity index (χ4v) is 3.21. The van der Waals surface area contributed by atoms with E-state index >= 15 is 0 Å². The number of nitrogens with zero attached hydrogens (tertiary/aromatic N) is 2. The lowest BCUT2D eigenvalue weighted by Crippen LogP contribution is -2.62. The number of amides is 4. The molecule has 0 saturated carbocycles. The molecule has 0 spiro atoms. The summed E-state index contributed by atoms with van der Waals surface area (Å²) in [6.07, 6.45) is 0.216. The van der Waals surface area contributed by atoms with Crippen molar-refractivity contribution in [1.82, 2.24) is 20.4 Å². The molecule has 1 aromatic rings. The van der Waals surface area contributed by atoms with Gasteiger partial charge in [-0.25, -0.2) is 4.79 Å². The van der Waals surface area contributed by atoms with Gasteiger partial charge in [-0.3, -0.25) is 19.8 Å². The van der Waals surface area contributed by atoms with Gasteiger partial charge in [0.25, 0.3) is 0 Å². The Hall–Kier alpha value is -2.12. The van der Waals surface area contributed by atoms with Gasteiger partial charge in [0.15, 0.2) is 0 Å². The smallest absolute Gasteiger partial charge is 0.322 e. The Balaban J connectivity index is 1.53. The second-order valence-corrected chi connectivity index (χ2v) is 6.33. The number of carbonyl (C=O) groups excluding carboxylic acids is 3. The molecule has 2 aliphatic heterocycles. The number of carbonyl (C=O) groups is 3. The molecule has 4 amide bonds. The molecule has 2 N–H and O–H groups in total. The van der Waals surface area contributed by atoms with Gasteiger partial charge in [-0.05, 0) is 11.6 Å². The van der Waals surface area contributed by atoms with Crippen LogP contribution in [0.15, 0.2) is 24.3 Å². The minimum Gasteiger partial charge on any atom is -0.340 e. The summed E-state index contributed by atoms with van der Waals surface area (Å²) in [6, 6.07) is 6.87. The maximum atomic E-state index is 12.4. The van der Waals surface area contributed by atoms with Crippen molar-refractivity contribution in [1.29, 1.82) is 0 Å². The number of urea groups is 1. The molecule has 1 unspecified atom stereocenters. The van der Waals surface area contributed by atoms with Crippen molar-refractivity contribution in [3.63, 3.8) is 0 Å². The molecular formula is C16H19ClN4O3. The molecule has 128 valence electrons. The first kappa shape index (κ1) is 16.7. The molecule has 2 saturated heterocycles. The van der Waals surface area contributed by atoms with E-state index in [1.54, 1.807) is 11.0 Å².